The lowest BCUT2D eigenvalue weighted by Crippen LogP contribution is -2.31. The van der Waals surface area contributed by atoms with E-state index in [2.05, 4.69) is 6.92 Å². The van der Waals surface area contributed by atoms with Crippen LogP contribution >= 0.6 is 0 Å². The second-order valence-corrected chi connectivity index (χ2v) is 6.67. The quantitative estimate of drug-likeness (QED) is 0.676. The molecule has 21 heavy (non-hydrogen) atoms. The molecule has 0 aliphatic heterocycles. The van der Waals surface area contributed by atoms with Gasteiger partial charge in [-0.25, -0.2) is 0 Å². The number of benzene rings is 1. The first-order valence-electron chi connectivity index (χ1n) is 8.21. The maximum atomic E-state index is 12.6. The van der Waals surface area contributed by atoms with Gasteiger partial charge in [-0.05, 0) is 55.7 Å². The van der Waals surface area contributed by atoms with Crippen LogP contribution < -0.4 is 5.73 Å². The van der Waals surface area contributed by atoms with E-state index in [4.69, 9.17) is 10.5 Å². The van der Waals surface area contributed by atoms with Crippen LogP contribution in [0.5, 0.6) is 0 Å². The SMILES string of the molecule is CCC1CCCC(OC(=O)C2(c3ccc(N)cc3)CC2)C1. The normalized spacial score (nSPS) is 27.1. The third kappa shape index (κ3) is 2.92. The van der Waals surface area contributed by atoms with Crippen molar-refractivity contribution in [2.75, 3.05) is 5.73 Å². The van der Waals surface area contributed by atoms with Gasteiger partial charge in [0.25, 0.3) is 0 Å². The van der Waals surface area contributed by atoms with Crippen LogP contribution in [0.25, 0.3) is 0 Å². The van der Waals surface area contributed by atoms with Crippen LogP contribution in [0.3, 0.4) is 0 Å². The molecule has 3 rings (SSSR count). The van der Waals surface area contributed by atoms with Crippen molar-refractivity contribution in [1.82, 2.24) is 0 Å². The minimum absolute atomic E-state index is 0.0194. The topological polar surface area (TPSA) is 52.3 Å². The van der Waals surface area contributed by atoms with E-state index in [0.29, 0.717) is 0 Å². The largest absolute Gasteiger partial charge is 0.462 e. The fourth-order valence-electron chi connectivity index (χ4n) is 3.52. The maximum Gasteiger partial charge on any atom is 0.316 e. The number of nitrogens with two attached hydrogens (primary N) is 1. The highest BCUT2D eigenvalue weighted by atomic mass is 16.5. The monoisotopic (exact) mass is 287 g/mol. The summed E-state index contributed by atoms with van der Waals surface area (Å²) in [5, 5.41) is 0. The third-order valence-electron chi connectivity index (χ3n) is 5.19. The molecule has 3 nitrogen and oxygen atoms in total. The van der Waals surface area contributed by atoms with Crippen LogP contribution in [-0.2, 0) is 14.9 Å². The average Bonchev–Trinajstić information content (AvgIpc) is 3.30. The van der Waals surface area contributed by atoms with Crippen molar-refractivity contribution in [3.63, 3.8) is 0 Å². The Balaban J connectivity index is 1.66. The van der Waals surface area contributed by atoms with Gasteiger partial charge in [0.1, 0.15) is 6.10 Å². The molecule has 3 heteroatoms. The minimum atomic E-state index is -0.382. The van der Waals surface area contributed by atoms with E-state index in [1.165, 1.54) is 19.3 Å². The Morgan fingerprint density at radius 1 is 1.29 bits per heavy atom. The molecule has 0 amide bonds. The van der Waals surface area contributed by atoms with Gasteiger partial charge in [0.15, 0.2) is 0 Å². The second-order valence-electron chi connectivity index (χ2n) is 6.67. The van der Waals surface area contributed by atoms with Crippen molar-refractivity contribution >= 4 is 11.7 Å². The number of carbonyl (C=O) groups excluding carboxylic acids is 1. The van der Waals surface area contributed by atoms with Crippen molar-refractivity contribution in [1.29, 1.82) is 0 Å². The smallest absolute Gasteiger partial charge is 0.316 e. The zero-order chi connectivity index (χ0) is 14.9. The zero-order valence-corrected chi connectivity index (χ0v) is 12.8. The van der Waals surface area contributed by atoms with E-state index in [1.54, 1.807) is 0 Å². The Hall–Kier alpha value is -1.51. The van der Waals surface area contributed by atoms with Crippen molar-refractivity contribution in [2.45, 2.75) is 63.4 Å². The highest BCUT2D eigenvalue weighted by molar-refractivity contribution is 5.86. The molecule has 2 N–H and O–H groups in total. The predicted octanol–water partition coefficient (Wildman–Crippen LogP) is 3.81. The van der Waals surface area contributed by atoms with E-state index < -0.39 is 0 Å². The molecule has 114 valence electrons. The van der Waals surface area contributed by atoms with E-state index in [9.17, 15) is 4.79 Å². The summed E-state index contributed by atoms with van der Waals surface area (Å²) >= 11 is 0. The summed E-state index contributed by atoms with van der Waals surface area (Å²) in [7, 11) is 0. The van der Waals surface area contributed by atoms with Crippen LogP contribution in [0.15, 0.2) is 24.3 Å². The lowest BCUT2D eigenvalue weighted by Gasteiger charge is -2.29. The lowest BCUT2D eigenvalue weighted by molar-refractivity contribution is -0.154. The van der Waals surface area contributed by atoms with Crippen LogP contribution in [0.4, 0.5) is 5.69 Å². The number of ether oxygens (including phenoxy) is 1. The first-order chi connectivity index (χ1) is 10.1. The van der Waals surface area contributed by atoms with E-state index in [0.717, 1.165) is 42.9 Å². The molecule has 0 radical (unpaired) electrons. The van der Waals surface area contributed by atoms with Gasteiger partial charge in [-0.1, -0.05) is 31.9 Å². The molecule has 0 bridgehead atoms. The number of esters is 1. The molecule has 2 fully saturated rings. The van der Waals surface area contributed by atoms with Gasteiger partial charge < -0.3 is 10.5 Å². The molecule has 1 aromatic rings. The van der Waals surface area contributed by atoms with E-state index in [-0.39, 0.29) is 17.5 Å². The highest BCUT2D eigenvalue weighted by Crippen LogP contribution is 2.50. The Labute approximate surface area is 126 Å². The van der Waals surface area contributed by atoms with Gasteiger partial charge in [0.05, 0.1) is 5.41 Å². The number of hydrogen-bond donors (Lipinski definition) is 1. The first-order valence-corrected chi connectivity index (χ1v) is 8.21. The van der Waals surface area contributed by atoms with Gasteiger partial charge in [-0.3, -0.25) is 4.79 Å². The Morgan fingerprint density at radius 3 is 2.62 bits per heavy atom. The molecule has 0 spiro atoms. The summed E-state index contributed by atoms with van der Waals surface area (Å²) in [6.07, 6.45) is 7.66. The number of hydrogen-bond acceptors (Lipinski definition) is 3. The standard InChI is InChI=1S/C18H25NO2/c1-2-13-4-3-5-16(12-13)21-17(20)18(10-11-18)14-6-8-15(19)9-7-14/h6-9,13,16H,2-5,10-12,19H2,1H3. The molecule has 2 aliphatic rings. The first kappa shape index (κ1) is 14.4. The average molecular weight is 287 g/mol. The van der Waals surface area contributed by atoms with Gasteiger partial charge >= 0.3 is 5.97 Å². The predicted molar refractivity (Wildman–Crippen MR) is 83.9 cm³/mol. The minimum Gasteiger partial charge on any atom is -0.462 e. The molecule has 1 aromatic carbocycles. The Morgan fingerprint density at radius 2 is 2.00 bits per heavy atom. The molecule has 2 unspecified atom stereocenters. The van der Waals surface area contributed by atoms with Gasteiger partial charge in [0, 0.05) is 5.69 Å². The van der Waals surface area contributed by atoms with Crippen LogP contribution in [0, 0.1) is 5.92 Å². The fourth-order valence-corrected chi connectivity index (χ4v) is 3.52. The van der Waals surface area contributed by atoms with Crippen LogP contribution in [0.2, 0.25) is 0 Å². The van der Waals surface area contributed by atoms with Crippen LogP contribution in [-0.4, -0.2) is 12.1 Å². The van der Waals surface area contributed by atoms with Gasteiger partial charge in [-0.15, -0.1) is 0 Å². The fraction of sp³-hybridized carbons (Fsp3) is 0.611. The molecule has 0 aromatic heterocycles. The summed E-state index contributed by atoms with van der Waals surface area (Å²) in [4.78, 5) is 12.6. The number of anilines is 1. The summed E-state index contributed by atoms with van der Waals surface area (Å²) in [6, 6.07) is 7.69. The summed E-state index contributed by atoms with van der Waals surface area (Å²) < 4.78 is 5.87. The van der Waals surface area contributed by atoms with Crippen molar-refractivity contribution in [3.8, 4) is 0 Å². The molecule has 0 heterocycles. The molecule has 2 atom stereocenters. The molecular weight excluding hydrogens is 262 g/mol. The van der Waals surface area contributed by atoms with E-state index in [1.807, 2.05) is 24.3 Å². The second kappa shape index (κ2) is 5.70. The van der Waals surface area contributed by atoms with Gasteiger partial charge in [0.2, 0.25) is 0 Å². The summed E-state index contributed by atoms with van der Waals surface area (Å²) in [5.41, 5.74) is 7.14. The number of nitrogen functional groups attached to an aromatic ring is 1. The van der Waals surface area contributed by atoms with Crippen LogP contribution in [0.1, 0.15) is 57.4 Å². The summed E-state index contributed by atoms with van der Waals surface area (Å²) in [5.74, 6) is 0.706. The van der Waals surface area contributed by atoms with E-state index >= 15 is 0 Å². The number of rotatable bonds is 4. The lowest BCUT2D eigenvalue weighted by atomic mass is 9.85. The highest BCUT2D eigenvalue weighted by Gasteiger charge is 2.53. The molecule has 2 saturated carbocycles. The Kier molecular flexibility index (Phi) is 3.92. The summed E-state index contributed by atoms with van der Waals surface area (Å²) in [6.45, 7) is 2.23. The zero-order valence-electron chi connectivity index (χ0n) is 12.8. The van der Waals surface area contributed by atoms with Gasteiger partial charge in [-0.2, -0.15) is 0 Å². The molecular formula is C18H25NO2. The third-order valence-corrected chi connectivity index (χ3v) is 5.19. The molecule has 0 saturated heterocycles. The Bertz CT molecular complexity index is 504. The van der Waals surface area contributed by atoms with Crippen molar-refractivity contribution < 1.29 is 9.53 Å². The number of carbonyl (C=O) groups is 1. The molecule has 2 aliphatic carbocycles. The van der Waals surface area contributed by atoms with Crippen molar-refractivity contribution in [2.24, 2.45) is 5.92 Å². The maximum absolute atomic E-state index is 12.6. The van der Waals surface area contributed by atoms with Crippen molar-refractivity contribution in [3.05, 3.63) is 29.8 Å².